The molecule has 1 aliphatic carbocycles. The van der Waals surface area contributed by atoms with E-state index in [-0.39, 0.29) is 43.1 Å². The molecule has 14 heteroatoms. The first-order valence-corrected chi connectivity index (χ1v) is 12.6. The van der Waals surface area contributed by atoms with E-state index >= 15 is 4.39 Å². The maximum atomic E-state index is 15.3. The zero-order chi connectivity index (χ0) is 28.7. The van der Waals surface area contributed by atoms with E-state index in [0.717, 1.165) is 36.9 Å². The molecule has 3 aromatic heterocycles. The van der Waals surface area contributed by atoms with Crippen LogP contribution in [-0.2, 0) is 12.7 Å². The first-order chi connectivity index (χ1) is 19.7. The molecule has 1 saturated carbocycles. The highest BCUT2D eigenvalue weighted by atomic mass is 19.4. The summed E-state index contributed by atoms with van der Waals surface area (Å²) in [7, 11) is 1.45. The minimum absolute atomic E-state index is 0.00861. The number of methoxy groups -OCH3 is 1. The molecule has 6 rings (SSSR count). The van der Waals surface area contributed by atoms with Gasteiger partial charge >= 0.3 is 6.18 Å². The van der Waals surface area contributed by atoms with Crippen LogP contribution in [0.2, 0.25) is 0 Å². The summed E-state index contributed by atoms with van der Waals surface area (Å²) in [5, 5.41) is 3.10. The van der Waals surface area contributed by atoms with Crippen LogP contribution in [0.15, 0.2) is 47.8 Å². The van der Waals surface area contributed by atoms with Crippen LogP contribution in [0.1, 0.15) is 35.6 Å². The van der Waals surface area contributed by atoms with Gasteiger partial charge in [0.2, 0.25) is 5.88 Å². The third-order valence-corrected chi connectivity index (χ3v) is 6.67. The van der Waals surface area contributed by atoms with E-state index in [9.17, 15) is 18.0 Å². The molecule has 0 unspecified atom stereocenters. The van der Waals surface area contributed by atoms with Gasteiger partial charge in [-0.2, -0.15) is 13.2 Å². The highest BCUT2D eigenvalue weighted by Crippen LogP contribution is 2.45. The summed E-state index contributed by atoms with van der Waals surface area (Å²) in [6, 6.07) is 3.93. The zero-order valence-electron chi connectivity index (χ0n) is 21.5. The normalized spacial score (nSPS) is 15.0. The van der Waals surface area contributed by atoms with E-state index in [0.29, 0.717) is 33.3 Å². The molecule has 0 saturated heterocycles. The molecule has 0 amide bonds. The van der Waals surface area contributed by atoms with Crippen molar-refractivity contribution in [2.24, 2.45) is 0 Å². The number of hydrogen-bond acceptors (Lipinski definition) is 9. The summed E-state index contributed by atoms with van der Waals surface area (Å²) in [5.74, 6) is 0.602. The van der Waals surface area contributed by atoms with Crippen LogP contribution in [0, 0.1) is 5.82 Å². The Bertz CT molecular complexity index is 1690. The molecule has 1 aliphatic heterocycles. The molecule has 212 valence electrons. The first-order valence-electron chi connectivity index (χ1n) is 12.6. The highest BCUT2D eigenvalue weighted by molar-refractivity contribution is 5.68. The molecule has 1 fully saturated rings. The average molecular weight is 571 g/mol. The second-order valence-electron chi connectivity index (χ2n) is 9.38. The number of ether oxygens (including phenoxy) is 3. The molecule has 0 radical (unpaired) electrons. The van der Waals surface area contributed by atoms with Crippen LogP contribution in [0.5, 0.6) is 17.4 Å². The second kappa shape index (κ2) is 10.3. The summed E-state index contributed by atoms with van der Waals surface area (Å²) in [5.41, 5.74) is -1.61. The summed E-state index contributed by atoms with van der Waals surface area (Å²) in [6.07, 6.45) is 0.977. The fourth-order valence-electron chi connectivity index (χ4n) is 4.54. The van der Waals surface area contributed by atoms with Gasteiger partial charge in [-0.3, -0.25) is 9.36 Å². The average Bonchev–Trinajstić information content (AvgIpc) is 3.79. The van der Waals surface area contributed by atoms with E-state index in [1.165, 1.54) is 25.7 Å². The number of nitrogens with one attached hydrogen (secondary N) is 1. The maximum absolute atomic E-state index is 15.3. The number of anilines is 1. The molecule has 41 heavy (non-hydrogen) atoms. The molecule has 0 spiro atoms. The van der Waals surface area contributed by atoms with Crippen molar-refractivity contribution < 1.29 is 31.8 Å². The lowest BCUT2D eigenvalue weighted by Gasteiger charge is -2.17. The van der Waals surface area contributed by atoms with Gasteiger partial charge in [0, 0.05) is 30.3 Å². The van der Waals surface area contributed by atoms with Crippen molar-refractivity contribution in [2.45, 2.75) is 31.5 Å². The second-order valence-corrected chi connectivity index (χ2v) is 9.38. The molecule has 1 N–H and O–H groups in total. The van der Waals surface area contributed by atoms with Crippen molar-refractivity contribution in [3.05, 3.63) is 76.0 Å². The van der Waals surface area contributed by atoms with E-state index in [4.69, 9.17) is 14.2 Å². The van der Waals surface area contributed by atoms with Gasteiger partial charge in [0.05, 0.1) is 24.7 Å². The van der Waals surface area contributed by atoms with E-state index in [2.05, 4.69) is 25.3 Å². The summed E-state index contributed by atoms with van der Waals surface area (Å²) in [4.78, 5) is 30.4. The number of aromatic nitrogens is 5. The number of rotatable bonds is 3. The molecular formula is C27H22F4N6O4. The number of fused-ring (bicyclic) bond motifs is 5. The number of pyridine rings is 1. The Balaban J connectivity index is 1.43. The Morgan fingerprint density at radius 2 is 1.93 bits per heavy atom. The monoisotopic (exact) mass is 570 g/mol. The predicted octanol–water partition coefficient (Wildman–Crippen LogP) is 4.51. The summed E-state index contributed by atoms with van der Waals surface area (Å²) < 4.78 is 73.2. The molecule has 2 aliphatic rings. The number of halogens is 4. The third kappa shape index (κ3) is 5.12. The number of alkyl halides is 3. The van der Waals surface area contributed by atoms with Crippen LogP contribution >= 0.6 is 0 Å². The minimum Gasteiger partial charge on any atom is -0.491 e. The fraction of sp³-hybridized carbons (Fsp3) is 0.296. The Kier molecular flexibility index (Phi) is 6.67. The third-order valence-electron chi connectivity index (χ3n) is 6.67. The number of nitrogens with zero attached hydrogens (tertiary/aromatic N) is 5. The molecule has 1 aromatic carbocycles. The van der Waals surface area contributed by atoms with Gasteiger partial charge in [0.1, 0.15) is 42.2 Å². The molecule has 0 atom stereocenters. The number of hydrogen-bond donors (Lipinski definition) is 1. The molecule has 2 bridgehead atoms. The van der Waals surface area contributed by atoms with E-state index < -0.39 is 28.8 Å². The van der Waals surface area contributed by atoms with Gasteiger partial charge in [-0.15, -0.1) is 0 Å². The zero-order valence-corrected chi connectivity index (χ0v) is 21.5. The number of benzene rings is 1. The fourth-order valence-corrected chi connectivity index (χ4v) is 4.54. The van der Waals surface area contributed by atoms with Crippen LogP contribution in [-0.4, -0.2) is 44.8 Å². The van der Waals surface area contributed by atoms with Crippen molar-refractivity contribution in [1.82, 2.24) is 24.5 Å². The lowest BCUT2D eigenvalue weighted by Crippen LogP contribution is -2.27. The van der Waals surface area contributed by atoms with Gasteiger partial charge in [-0.05, 0) is 31.0 Å². The first kappa shape index (κ1) is 26.5. The predicted molar refractivity (Wildman–Crippen MR) is 137 cm³/mol. The molecule has 4 aromatic rings. The van der Waals surface area contributed by atoms with Crippen molar-refractivity contribution >= 4 is 5.82 Å². The Labute approximate surface area is 230 Å². The minimum atomic E-state index is -4.90. The maximum Gasteiger partial charge on any atom is 0.421 e. The van der Waals surface area contributed by atoms with Gasteiger partial charge in [0.15, 0.2) is 17.4 Å². The van der Waals surface area contributed by atoms with Crippen molar-refractivity contribution in [2.75, 3.05) is 25.6 Å². The lowest BCUT2D eigenvalue weighted by molar-refractivity contribution is -0.138. The van der Waals surface area contributed by atoms with Crippen molar-refractivity contribution in [3.8, 4) is 34.5 Å². The largest absolute Gasteiger partial charge is 0.491 e. The standard InChI is InChI=1S/C27H22F4N6O4/c1-39-20-12-33-24-21-22(14-4-5-14)34-13-35-25(21)41-8-7-40-19-10-18(17(28)9-15(19)11-32-23(20)36-24)37-6-2-3-16(26(37)38)27(29,30)31/h2-3,6,9-10,12-14H,4-5,7-8,11H2,1H3,(H,32,33,36). The summed E-state index contributed by atoms with van der Waals surface area (Å²) >= 11 is 0. The molecule has 10 nitrogen and oxygen atoms in total. The SMILES string of the molecule is COc1cnc2nc1NCc1cc(F)c(-n3cccc(C(F)(F)F)c3=O)cc1OCCOc1ncnc(C3CC3)c1-2. The Hall–Kier alpha value is -4.75. The van der Waals surface area contributed by atoms with Gasteiger partial charge in [-0.25, -0.2) is 24.3 Å². The van der Waals surface area contributed by atoms with Crippen molar-refractivity contribution in [3.63, 3.8) is 0 Å². The van der Waals surface area contributed by atoms with Crippen LogP contribution in [0.25, 0.3) is 17.1 Å². The van der Waals surface area contributed by atoms with Gasteiger partial charge in [0.25, 0.3) is 5.56 Å². The summed E-state index contributed by atoms with van der Waals surface area (Å²) in [6.45, 7) is -0.0227. The smallest absolute Gasteiger partial charge is 0.421 e. The Morgan fingerprint density at radius 1 is 1.12 bits per heavy atom. The topological polar surface area (TPSA) is 113 Å². The van der Waals surface area contributed by atoms with Gasteiger partial charge in [-0.1, -0.05) is 0 Å². The highest BCUT2D eigenvalue weighted by Gasteiger charge is 2.35. The molecule has 4 heterocycles. The lowest BCUT2D eigenvalue weighted by atomic mass is 10.1. The van der Waals surface area contributed by atoms with Crippen LogP contribution in [0.3, 0.4) is 0 Å². The van der Waals surface area contributed by atoms with Gasteiger partial charge < -0.3 is 19.5 Å². The van der Waals surface area contributed by atoms with Crippen molar-refractivity contribution in [1.29, 1.82) is 0 Å². The quantitative estimate of drug-likeness (QED) is 0.356. The van der Waals surface area contributed by atoms with E-state index in [1.54, 1.807) is 0 Å². The Morgan fingerprint density at radius 3 is 2.68 bits per heavy atom. The van der Waals surface area contributed by atoms with E-state index in [1.807, 2.05) is 0 Å². The molecular weight excluding hydrogens is 548 g/mol. The van der Waals surface area contributed by atoms with Crippen LogP contribution < -0.4 is 25.1 Å². The van der Waals surface area contributed by atoms with Crippen LogP contribution in [0.4, 0.5) is 23.4 Å².